The van der Waals surface area contributed by atoms with E-state index in [2.05, 4.69) is 15.0 Å². The predicted octanol–water partition coefficient (Wildman–Crippen LogP) is 1.30. The van der Waals surface area contributed by atoms with Crippen LogP contribution in [0, 0.1) is 12.7 Å². The van der Waals surface area contributed by atoms with E-state index in [0.29, 0.717) is 13.0 Å². The number of rotatable bonds is 4. The Balaban J connectivity index is 2.36. The molecule has 108 valence electrons. The van der Waals surface area contributed by atoms with Gasteiger partial charge in [0, 0.05) is 18.2 Å². The monoisotopic (exact) mass is 283 g/mol. The van der Waals surface area contributed by atoms with Crippen LogP contribution in [-0.2, 0) is 9.47 Å². The lowest BCUT2D eigenvalue weighted by Crippen LogP contribution is -2.32. The highest BCUT2D eigenvalue weighted by Crippen LogP contribution is 2.30. The summed E-state index contributed by atoms with van der Waals surface area (Å²) < 4.78 is 25.1. The molecule has 1 aliphatic rings. The lowest BCUT2D eigenvalue weighted by atomic mass is 10.1. The zero-order valence-corrected chi connectivity index (χ0v) is 11.1. The van der Waals surface area contributed by atoms with E-state index >= 15 is 0 Å². The molecule has 0 aliphatic carbocycles. The van der Waals surface area contributed by atoms with Gasteiger partial charge in [-0.3, -0.25) is 4.57 Å². The molecule has 0 radical (unpaired) electrons. The number of methoxy groups -OCH3 is 1. The average Bonchev–Trinajstić information content (AvgIpc) is 2.78. The van der Waals surface area contributed by atoms with Gasteiger partial charge < -0.3 is 9.47 Å². The van der Waals surface area contributed by atoms with Crippen LogP contribution in [0.25, 0.3) is 10.4 Å². The van der Waals surface area contributed by atoms with Gasteiger partial charge in [0.2, 0.25) is 0 Å². The minimum Gasteiger partial charge on any atom is -0.382 e. The minimum absolute atomic E-state index is 0.0121. The zero-order chi connectivity index (χ0) is 14.7. The molecular formula is C11H14FN5O3. The second kappa shape index (κ2) is 6.00. The van der Waals surface area contributed by atoms with Crippen molar-refractivity contribution in [3.05, 3.63) is 38.6 Å². The summed E-state index contributed by atoms with van der Waals surface area (Å²) in [7, 11) is 1.51. The Hall–Kier alpha value is -1.96. The molecule has 3 atom stereocenters. The molecular weight excluding hydrogens is 269 g/mol. The summed E-state index contributed by atoms with van der Waals surface area (Å²) in [4.78, 5) is 18.1. The Morgan fingerprint density at radius 3 is 3.15 bits per heavy atom. The van der Waals surface area contributed by atoms with Crippen molar-refractivity contribution in [1.29, 1.82) is 0 Å². The van der Waals surface area contributed by atoms with E-state index in [1.54, 1.807) is 0 Å². The van der Waals surface area contributed by atoms with Crippen molar-refractivity contribution in [3.63, 3.8) is 0 Å². The van der Waals surface area contributed by atoms with Crippen molar-refractivity contribution < 1.29 is 13.9 Å². The van der Waals surface area contributed by atoms with Gasteiger partial charge in [-0.25, -0.2) is 9.18 Å². The Morgan fingerprint density at radius 2 is 2.50 bits per heavy atom. The quantitative estimate of drug-likeness (QED) is 0.472. The second-order valence-corrected chi connectivity index (χ2v) is 4.48. The fourth-order valence-electron chi connectivity index (χ4n) is 2.15. The van der Waals surface area contributed by atoms with Crippen LogP contribution in [0.1, 0.15) is 18.3 Å². The van der Waals surface area contributed by atoms with Gasteiger partial charge in [-0.2, -0.15) is 4.98 Å². The third-order valence-corrected chi connectivity index (χ3v) is 3.07. The molecule has 1 aromatic rings. The van der Waals surface area contributed by atoms with Gasteiger partial charge >= 0.3 is 5.69 Å². The molecule has 0 saturated carbocycles. The first-order chi connectivity index (χ1) is 9.56. The molecule has 2 heterocycles. The molecule has 1 saturated heterocycles. The molecule has 2 rings (SSSR count). The molecule has 0 aromatic carbocycles. The standard InChI is InChI=1S/C11H14FN5O3/c1-6-8(12)4-17(11(18)14-6)10-9(15-16-13)3-7(20-10)5-19-2/h4,7,9-10H,3,5H2,1-2H3/t7-,9-,10+/m0/s1. The Kier molecular flexibility index (Phi) is 4.33. The Labute approximate surface area is 113 Å². The Bertz CT molecular complexity index is 598. The maximum Gasteiger partial charge on any atom is 0.350 e. The van der Waals surface area contributed by atoms with Crippen LogP contribution in [0.5, 0.6) is 0 Å². The van der Waals surface area contributed by atoms with Gasteiger partial charge in [0.05, 0.1) is 24.4 Å². The molecule has 0 amide bonds. The van der Waals surface area contributed by atoms with Crippen molar-refractivity contribution >= 4 is 0 Å². The fourth-order valence-corrected chi connectivity index (χ4v) is 2.15. The molecule has 1 aromatic heterocycles. The molecule has 1 aliphatic heterocycles. The Morgan fingerprint density at radius 1 is 1.75 bits per heavy atom. The molecule has 0 unspecified atom stereocenters. The van der Waals surface area contributed by atoms with Gasteiger partial charge in [0.15, 0.2) is 5.82 Å². The molecule has 0 spiro atoms. The number of azide groups is 1. The molecule has 0 bridgehead atoms. The molecule has 20 heavy (non-hydrogen) atoms. The van der Waals surface area contributed by atoms with Crippen LogP contribution in [0.4, 0.5) is 4.39 Å². The first-order valence-corrected chi connectivity index (χ1v) is 6.00. The van der Waals surface area contributed by atoms with Crippen molar-refractivity contribution in [2.75, 3.05) is 13.7 Å². The average molecular weight is 283 g/mol. The molecule has 1 fully saturated rings. The van der Waals surface area contributed by atoms with Gasteiger partial charge in [-0.15, -0.1) is 0 Å². The summed E-state index contributed by atoms with van der Waals surface area (Å²) in [6.45, 7) is 1.69. The van der Waals surface area contributed by atoms with E-state index in [9.17, 15) is 9.18 Å². The summed E-state index contributed by atoms with van der Waals surface area (Å²) in [5.74, 6) is -0.622. The lowest BCUT2D eigenvalue weighted by molar-refractivity contribution is -0.0367. The van der Waals surface area contributed by atoms with E-state index in [-0.39, 0.29) is 11.8 Å². The SMILES string of the molecule is COC[C@@H]1C[C@H](N=[N+]=[N-])[C@H](n2cc(F)c(C)nc2=O)O1. The number of aryl methyl sites for hydroxylation is 1. The maximum absolute atomic E-state index is 13.6. The van der Waals surface area contributed by atoms with Crippen LogP contribution in [0.15, 0.2) is 16.1 Å². The highest BCUT2D eigenvalue weighted by molar-refractivity contribution is 5.02. The summed E-state index contributed by atoms with van der Waals surface area (Å²) in [6, 6.07) is -0.609. The van der Waals surface area contributed by atoms with Crippen molar-refractivity contribution in [2.45, 2.75) is 31.7 Å². The van der Waals surface area contributed by atoms with Gasteiger partial charge in [-0.05, 0) is 18.9 Å². The topological polar surface area (TPSA) is 102 Å². The van der Waals surface area contributed by atoms with Crippen molar-refractivity contribution in [1.82, 2.24) is 9.55 Å². The molecule has 9 heteroatoms. The predicted molar refractivity (Wildman–Crippen MR) is 66.5 cm³/mol. The number of hydrogen-bond acceptors (Lipinski definition) is 5. The number of nitrogens with zero attached hydrogens (tertiary/aromatic N) is 5. The zero-order valence-electron chi connectivity index (χ0n) is 11.1. The summed E-state index contributed by atoms with van der Waals surface area (Å²) in [5.41, 5.74) is 7.93. The van der Waals surface area contributed by atoms with Crippen molar-refractivity contribution in [3.8, 4) is 0 Å². The second-order valence-electron chi connectivity index (χ2n) is 4.48. The third-order valence-electron chi connectivity index (χ3n) is 3.07. The van der Waals surface area contributed by atoms with E-state index in [1.165, 1.54) is 14.0 Å². The maximum atomic E-state index is 13.6. The highest BCUT2D eigenvalue weighted by atomic mass is 19.1. The minimum atomic E-state index is -0.874. The first kappa shape index (κ1) is 14.4. The fraction of sp³-hybridized carbons (Fsp3) is 0.636. The largest absolute Gasteiger partial charge is 0.382 e. The van der Waals surface area contributed by atoms with Crippen molar-refractivity contribution in [2.24, 2.45) is 5.11 Å². The summed E-state index contributed by atoms with van der Waals surface area (Å²) in [5, 5.41) is 3.60. The lowest BCUT2D eigenvalue weighted by Gasteiger charge is -2.18. The van der Waals surface area contributed by atoms with Crippen LogP contribution < -0.4 is 5.69 Å². The number of hydrogen-bond donors (Lipinski definition) is 0. The van der Waals surface area contributed by atoms with E-state index in [1.807, 2.05) is 0 Å². The van der Waals surface area contributed by atoms with Crippen LogP contribution in [0.3, 0.4) is 0 Å². The summed E-state index contributed by atoms with van der Waals surface area (Å²) in [6.07, 6.45) is 0.215. The van der Waals surface area contributed by atoms with Gasteiger partial charge in [-0.1, -0.05) is 5.11 Å². The number of aromatic nitrogens is 2. The number of ether oxygens (including phenoxy) is 2. The van der Waals surface area contributed by atoms with Gasteiger partial charge in [0.1, 0.15) is 6.23 Å². The molecule has 8 nitrogen and oxygen atoms in total. The smallest absolute Gasteiger partial charge is 0.350 e. The number of halogens is 1. The van der Waals surface area contributed by atoms with E-state index in [4.69, 9.17) is 15.0 Å². The van der Waals surface area contributed by atoms with E-state index in [0.717, 1.165) is 10.8 Å². The highest BCUT2D eigenvalue weighted by Gasteiger charge is 2.36. The van der Waals surface area contributed by atoms with E-state index < -0.39 is 23.8 Å². The van der Waals surface area contributed by atoms with Crippen LogP contribution in [0.2, 0.25) is 0 Å². The van der Waals surface area contributed by atoms with Crippen LogP contribution >= 0.6 is 0 Å². The van der Waals surface area contributed by atoms with Crippen LogP contribution in [-0.4, -0.2) is 35.4 Å². The molecule has 0 N–H and O–H groups in total. The normalized spacial score (nSPS) is 25.4. The third kappa shape index (κ3) is 2.79. The first-order valence-electron chi connectivity index (χ1n) is 6.00. The van der Waals surface area contributed by atoms with Gasteiger partial charge in [0.25, 0.3) is 0 Å². The summed E-state index contributed by atoms with van der Waals surface area (Å²) >= 11 is 0.